The Labute approximate surface area is 110 Å². The lowest BCUT2D eigenvalue weighted by atomic mass is 10.1. The molecule has 1 fully saturated rings. The molecule has 2 aromatic heterocycles. The highest BCUT2D eigenvalue weighted by Gasteiger charge is 2.30. The van der Waals surface area contributed by atoms with Crippen LogP contribution < -0.4 is 0 Å². The normalized spacial score (nSPS) is 19.1. The van der Waals surface area contributed by atoms with E-state index in [-0.39, 0.29) is 11.9 Å². The van der Waals surface area contributed by atoms with E-state index in [4.69, 9.17) is 0 Å². The molecular weight excluding hydrogens is 244 g/mol. The third-order valence-corrected chi connectivity index (χ3v) is 4.19. The Hall–Kier alpha value is -1.68. The molecule has 18 heavy (non-hydrogen) atoms. The third kappa shape index (κ3) is 2.04. The average Bonchev–Trinajstić information content (AvgIpc) is 3.10. The molecule has 2 aromatic rings. The van der Waals surface area contributed by atoms with Gasteiger partial charge < -0.3 is 4.90 Å². The number of aromatic nitrogens is 1. The summed E-state index contributed by atoms with van der Waals surface area (Å²) in [5.41, 5.74) is 1.19. The maximum Gasteiger partial charge on any atom is 0.264 e. The first-order valence-electron chi connectivity index (χ1n) is 6.10. The number of amides is 1. The molecule has 1 unspecified atom stereocenters. The summed E-state index contributed by atoms with van der Waals surface area (Å²) in [7, 11) is 0. The number of nitrogens with zero attached hydrogens (tertiary/aromatic N) is 2. The predicted octanol–water partition coefficient (Wildman–Crippen LogP) is 3.12. The molecule has 0 aromatic carbocycles. The molecule has 0 spiro atoms. The monoisotopic (exact) mass is 258 g/mol. The van der Waals surface area contributed by atoms with Crippen molar-refractivity contribution in [3.8, 4) is 0 Å². The fourth-order valence-corrected chi connectivity index (χ4v) is 3.16. The van der Waals surface area contributed by atoms with Gasteiger partial charge in [-0.05, 0) is 42.0 Å². The van der Waals surface area contributed by atoms with Crippen molar-refractivity contribution in [3.63, 3.8) is 0 Å². The van der Waals surface area contributed by atoms with Crippen molar-refractivity contribution >= 4 is 17.2 Å². The zero-order valence-corrected chi connectivity index (χ0v) is 10.8. The van der Waals surface area contributed by atoms with Crippen molar-refractivity contribution in [3.05, 3.63) is 52.5 Å². The largest absolute Gasteiger partial charge is 0.331 e. The fourth-order valence-electron chi connectivity index (χ4n) is 2.48. The van der Waals surface area contributed by atoms with E-state index < -0.39 is 0 Å². The minimum absolute atomic E-state index is 0.157. The lowest BCUT2D eigenvalue weighted by Gasteiger charge is -2.24. The summed E-state index contributed by atoms with van der Waals surface area (Å²) in [6.45, 7) is 0.851. The zero-order valence-electron chi connectivity index (χ0n) is 9.95. The second-order valence-electron chi connectivity index (χ2n) is 4.41. The smallest absolute Gasteiger partial charge is 0.264 e. The van der Waals surface area contributed by atoms with Crippen molar-refractivity contribution in [2.45, 2.75) is 18.9 Å². The van der Waals surface area contributed by atoms with Gasteiger partial charge in [0.15, 0.2) is 0 Å². The summed E-state index contributed by atoms with van der Waals surface area (Å²) >= 11 is 1.51. The van der Waals surface area contributed by atoms with Crippen LogP contribution in [0.1, 0.15) is 34.1 Å². The Bertz CT molecular complexity index is 524. The first-order chi connectivity index (χ1) is 8.86. The Morgan fingerprint density at radius 1 is 1.33 bits per heavy atom. The van der Waals surface area contributed by atoms with Crippen LogP contribution in [-0.4, -0.2) is 22.3 Å². The minimum Gasteiger partial charge on any atom is -0.331 e. The molecular formula is C14H14N2OS. The Kier molecular flexibility index (Phi) is 3.11. The Morgan fingerprint density at radius 3 is 2.89 bits per heavy atom. The molecule has 0 radical (unpaired) electrons. The van der Waals surface area contributed by atoms with E-state index in [1.54, 1.807) is 12.4 Å². The van der Waals surface area contributed by atoms with Crippen LogP contribution in [0.25, 0.3) is 0 Å². The number of thiophene rings is 1. The van der Waals surface area contributed by atoms with Gasteiger partial charge in [-0.3, -0.25) is 9.78 Å². The zero-order chi connectivity index (χ0) is 12.4. The summed E-state index contributed by atoms with van der Waals surface area (Å²) in [6, 6.07) is 8.04. The van der Waals surface area contributed by atoms with Gasteiger partial charge in [-0.2, -0.15) is 0 Å². The number of hydrogen-bond acceptors (Lipinski definition) is 3. The molecule has 0 saturated carbocycles. The van der Waals surface area contributed by atoms with Crippen molar-refractivity contribution in [2.75, 3.05) is 6.54 Å². The maximum absolute atomic E-state index is 12.4. The molecule has 1 aliphatic heterocycles. The van der Waals surface area contributed by atoms with Crippen molar-refractivity contribution in [1.29, 1.82) is 0 Å². The molecule has 1 saturated heterocycles. The molecule has 92 valence electrons. The van der Waals surface area contributed by atoms with Gasteiger partial charge >= 0.3 is 0 Å². The van der Waals surface area contributed by atoms with Crippen LogP contribution >= 0.6 is 11.3 Å². The molecule has 1 aliphatic rings. The molecule has 0 bridgehead atoms. The molecule has 3 rings (SSSR count). The molecule has 3 nitrogen and oxygen atoms in total. The highest BCUT2D eigenvalue weighted by molar-refractivity contribution is 7.12. The van der Waals surface area contributed by atoms with Gasteiger partial charge in [-0.15, -0.1) is 11.3 Å². The van der Waals surface area contributed by atoms with Crippen LogP contribution in [0.15, 0.2) is 42.0 Å². The van der Waals surface area contributed by atoms with Crippen molar-refractivity contribution < 1.29 is 4.79 Å². The summed E-state index contributed by atoms with van der Waals surface area (Å²) in [6.07, 6.45) is 5.70. The first-order valence-corrected chi connectivity index (χ1v) is 6.98. The molecule has 0 aliphatic carbocycles. The lowest BCUT2D eigenvalue weighted by Crippen LogP contribution is -2.29. The van der Waals surface area contributed by atoms with Crippen LogP contribution in [0.2, 0.25) is 0 Å². The number of likely N-dealkylation sites (tertiary alicyclic amines) is 1. The number of rotatable bonds is 2. The molecule has 1 amide bonds. The number of pyridine rings is 1. The fraction of sp³-hybridized carbons (Fsp3) is 0.286. The van der Waals surface area contributed by atoms with Crippen LogP contribution in [0.4, 0.5) is 0 Å². The van der Waals surface area contributed by atoms with E-state index in [0.29, 0.717) is 0 Å². The Balaban J connectivity index is 1.86. The number of carbonyl (C=O) groups is 1. The third-order valence-electron chi connectivity index (χ3n) is 3.34. The predicted molar refractivity (Wildman–Crippen MR) is 71.6 cm³/mol. The number of hydrogen-bond donors (Lipinski definition) is 0. The van der Waals surface area contributed by atoms with E-state index in [0.717, 1.165) is 24.3 Å². The van der Waals surface area contributed by atoms with Crippen LogP contribution in [0.3, 0.4) is 0 Å². The van der Waals surface area contributed by atoms with Gasteiger partial charge in [0.05, 0.1) is 10.9 Å². The SMILES string of the molecule is O=C(c1cccs1)N1CCCC1c1ccncc1. The lowest BCUT2D eigenvalue weighted by molar-refractivity contribution is 0.0740. The van der Waals surface area contributed by atoms with Crippen LogP contribution in [0.5, 0.6) is 0 Å². The van der Waals surface area contributed by atoms with Crippen LogP contribution in [-0.2, 0) is 0 Å². The van der Waals surface area contributed by atoms with E-state index in [9.17, 15) is 4.79 Å². The van der Waals surface area contributed by atoms with E-state index in [1.807, 2.05) is 34.5 Å². The standard InChI is InChI=1S/C14H14N2OS/c17-14(13-4-2-10-18-13)16-9-1-3-12(16)11-5-7-15-8-6-11/h2,4-8,10,12H,1,3,9H2. The topological polar surface area (TPSA) is 33.2 Å². The van der Waals surface area contributed by atoms with Gasteiger partial charge in [-0.1, -0.05) is 6.07 Å². The first kappa shape index (κ1) is 11.4. The van der Waals surface area contributed by atoms with Crippen molar-refractivity contribution in [2.24, 2.45) is 0 Å². The summed E-state index contributed by atoms with van der Waals surface area (Å²) in [4.78, 5) is 19.3. The van der Waals surface area contributed by atoms with Crippen molar-refractivity contribution in [1.82, 2.24) is 9.88 Å². The van der Waals surface area contributed by atoms with Gasteiger partial charge in [0.25, 0.3) is 5.91 Å². The second kappa shape index (κ2) is 4.90. The van der Waals surface area contributed by atoms with Gasteiger partial charge in [0.1, 0.15) is 0 Å². The summed E-state index contributed by atoms with van der Waals surface area (Å²) in [5.74, 6) is 0.157. The summed E-state index contributed by atoms with van der Waals surface area (Å²) < 4.78 is 0. The van der Waals surface area contributed by atoms with Gasteiger partial charge in [-0.25, -0.2) is 0 Å². The van der Waals surface area contributed by atoms with E-state index >= 15 is 0 Å². The minimum atomic E-state index is 0.157. The molecule has 3 heterocycles. The van der Waals surface area contributed by atoms with Crippen LogP contribution in [0, 0.1) is 0 Å². The highest BCUT2D eigenvalue weighted by Crippen LogP contribution is 2.33. The average molecular weight is 258 g/mol. The molecule has 0 N–H and O–H groups in total. The second-order valence-corrected chi connectivity index (χ2v) is 5.36. The highest BCUT2D eigenvalue weighted by atomic mass is 32.1. The van der Waals surface area contributed by atoms with Gasteiger partial charge in [0.2, 0.25) is 0 Å². The number of carbonyl (C=O) groups excluding carboxylic acids is 1. The quantitative estimate of drug-likeness (QED) is 0.829. The Morgan fingerprint density at radius 2 is 2.17 bits per heavy atom. The van der Waals surface area contributed by atoms with E-state index in [2.05, 4.69) is 4.98 Å². The van der Waals surface area contributed by atoms with Gasteiger partial charge in [0, 0.05) is 18.9 Å². The summed E-state index contributed by atoms with van der Waals surface area (Å²) in [5, 5.41) is 1.95. The van der Waals surface area contributed by atoms with E-state index in [1.165, 1.54) is 16.9 Å². The molecule has 4 heteroatoms. The molecule has 1 atom stereocenters. The maximum atomic E-state index is 12.4.